The third kappa shape index (κ3) is 9.93. The number of aromatic nitrogens is 3. The smallest absolute Gasteiger partial charge is 0.330 e. The Kier molecular flexibility index (Phi) is 14.9. The Morgan fingerprint density at radius 3 is 2.37 bits per heavy atom. The van der Waals surface area contributed by atoms with Crippen LogP contribution < -0.4 is 15.5 Å². The van der Waals surface area contributed by atoms with Crippen molar-refractivity contribution < 1.29 is 14.4 Å². The highest BCUT2D eigenvalue weighted by atomic mass is 16.2. The minimum Gasteiger partial charge on any atom is -0.349 e. The zero-order chi connectivity index (χ0) is 42.8. The van der Waals surface area contributed by atoms with Crippen LogP contribution in [0.4, 0.5) is 22.2 Å². The first kappa shape index (κ1) is 43.9. The molecule has 0 saturated carbocycles. The number of amides is 4. The first-order chi connectivity index (χ1) is 28.5. The molecule has 1 aromatic carbocycles. The second kappa shape index (κ2) is 20.0. The van der Waals surface area contributed by atoms with Crippen LogP contribution in [0, 0.1) is 18.8 Å². The number of allylic oxidation sites excluding steroid dienone is 3. The average Bonchev–Trinajstić information content (AvgIpc) is 3.36. The fraction of sp³-hybridized carbons (Fsp3) is 0.383. The quantitative estimate of drug-likeness (QED) is 0.196. The van der Waals surface area contributed by atoms with E-state index >= 15 is 0 Å². The van der Waals surface area contributed by atoms with Gasteiger partial charge >= 0.3 is 6.03 Å². The third-order valence-electron chi connectivity index (χ3n) is 10.2. The molecule has 0 spiro atoms. The van der Waals surface area contributed by atoms with Gasteiger partial charge in [-0.05, 0) is 68.9 Å². The van der Waals surface area contributed by atoms with Crippen molar-refractivity contribution in [1.82, 2.24) is 30.1 Å². The summed E-state index contributed by atoms with van der Waals surface area (Å²) in [5.74, 6) is 0.372. The molecule has 2 aromatic heterocycles. The van der Waals surface area contributed by atoms with Crippen LogP contribution in [-0.2, 0) is 16.1 Å². The Hall–Kier alpha value is -6.17. The molecule has 3 aromatic rings. The Morgan fingerprint density at radius 1 is 0.949 bits per heavy atom. The molecule has 2 N–H and O–H groups in total. The molecule has 4 heterocycles. The standard InChI is InChI=1S/C43H47N9O3.2C2H6/c1-7-19-51-37-21-30(15-18-34(37)38(29-11-9-8-10-12-29)48-35(41(51)54)20-26(2)3)40(53)46-32-16-13-27(4)36(22-32)52-25-31-23-45-42(49-39(31)50(6)43(52)55)47-33-17-14-28(5)44-24-33;2*1-2/h7-14,17-18,21-24,26,30,32,35H,1,15-16,19-20,25H2,2-6H3,(H,46,53)(H,45,47,49);2*1-2H3/t30?,32?,35-;;/m0../s1. The fourth-order valence-electron chi connectivity index (χ4n) is 7.38. The predicted octanol–water partition coefficient (Wildman–Crippen LogP) is 8.83. The molecular formula is C47H59N9O3. The van der Waals surface area contributed by atoms with Gasteiger partial charge in [-0.3, -0.25) is 29.4 Å². The average molecular weight is 798 g/mol. The second-order valence-electron chi connectivity index (χ2n) is 14.8. The van der Waals surface area contributed by atoms with Crippen molar-refractivity contribution in [3.05, 3.63) is 131 Å². The van der Waals surface area contributed by atoms with Gasteiger partial charge in [-0.25, -0.2) is 9.78 Å². The summed E-state index contributed by atoms with van der Waals surface area (Å²) in [5, 5.41) is 6.39. The molecule has 0 saturated heterocycles. The Bertz CT molecular complexity index is 2170. The lowest BCUT2D eigenvalue weighted by atomic mass is 9.88. The molecule has 4 amide bonds. The van der Waals surface area contributed by atoms with Crippen LogP contribution in [0.25, 0.3) is 0 Å². The number of anilines is 3. The number of nitrogens with zero attached hydrogens (tertiary/aromatic N) is 7. The van der Waals surface area contributed by atoms with E-state index in [0.29, 0.717) is 43.3 Å². The maximum Gasteiger partial charge on any atom is 0.330 e. The highest BCUT2D eigenvalue weighted by Gasteiger charge is 2.38. The van der Waals surface area contributed by atoms with Crippen LogP contribution in [0.1, 0.15) is 84.5 Å². The zero-order valence-corrected chi connectivity index (χ0v) is 36.0. The normalized spacial score (nSPS) is 19.8. The molecule has 0 fully saturated rings. The minimum absolute atomic E-state index is 0.0996. The molecule has 7 rings (SSSR count). The highest BCUT2D eigenvalue weighted by Crippen LogP contribution is 2.35. The molecule has 0 bridgehead atoms. The van der Waals surface area contributed by atoms with Gasteiger partial charge in [0.2, 0.25) is 11.9 Å². The summed E-state index contributed by atoms with van der Waals surface area (Å²) >= 11 is 0. The van der Waals surface area contributed by atoms with E-state index in [1.165, 1.54) is 4.90 Å². The van der Waals surface area contributed by atoms with Crippen LogP contribution in [0.2, 0.25) is 0 Å². The topological polar surface area (TPSA) is 136 Å². The van der Waals surface area contributed by atoms with Crippen LogP contribution >= 0.6 is 0 Å². The molecule has 59 heavy (non-hydrogen) atoms. The van der Waals surface area contributed by atoms with Gasteiger partial charge < -0.3 is 15.5 Å². The molecule has 0 radical (unpaired) electrons. The van der Waals surface area contributed by atoms with Gasteiger partial charge in [-0.15, -0.1) is 6.58 Å². The van der Waals surface area contributed by atoms with Gasteiger partial charge in [0.25, 0.3) is 5.91 Å². The van der Waals surface area contributed by atoms with E-state index in [1.54, 1.807) is 35.3 Å². The molecular weight excluding hydrogens is 739 g/mol. The lowest BCUT2D eigenvalue weighted by molar-refractivity contribution is -0.130. The number of urea groups is 1. The van der Waals surface area contributed by atoms with Crippen molar-refractivity contribution >= 4 is 41.0 Å². The fourth-order valence-corrected chi connectivity index (χ4v) is 7.38. The number of pyridine rings is 1. The largest absolute Gasteiger partial charge is 0.349 e. The van der Waals surface area contributed by atoms with E-state index in [4.69, 9.17) is 4.99 Å². The zero-order valence-electron chi connectivity index (χ0n) is 36.0. The minimum atomic E-state index is -0.555. The summed E-state index contributed by atoms with van der Waals surface area (Å²) in [5.41, 5.74) is 7.32. The number of nitrogens with one attached hydrogen (secondary N) is 2. The van der Waals surface area contributed by atoms with Crippen LogP contribution in [0.3, 0.4) is 0 Å². The number of rotatable bonds is 10. The first-order valence-electron chi connectivity index (χ1n) is 20.8. The predicted molar refractivity (Wildman–Crippen MR) is 237 cm³/mol. The lowest BCUT2D eigenvalue weighted by Crippen LogP contribution is -2.47. The number of hydrogen-bond donors (Lipinski definition) is 2. The molecule has 2 aliphatic carbocycles. The Labute approximate surface area is 349 Å². The van der Waals surface area contributed by atoms with Crippen molar-refractivity contribution in [3.8, 4) is 0 Å². The Morgan fingerprint density at radius 2 is 1.69 bits per heavy atom. The van der Waals surface area contributed by atoms with Crippen LogP contribution in [0.5, 0.6) is 0 Å². The number of hydrogen-bond acceptors (Lipinski definition) is 8. The molecule has 12 nitrogen and oxygen atoms in total. The molecule has 2 aliphatic heterocycles. The van der Waals surface area contributed by atoms with Gasteiger partial charge in [0, 0.05) is 53.6 Å². The molecule has 3 atom stereocenters. The number of carbonyl (C=O) groups excluding carboxylic acids is 3. The second-order valence-corrected chi connectivity index (χ2v) is 14.8. The molecule has 12 heteroatoms. The Balaban J connectivity index is 0.00000160. The monoisotopic (exact) mass is 797 g/mol. The summed E-state index contributed by atoms with van der Waals surface area (Å²) in [4.78, 5) is 65.5. The van der Waals surface area contributed by atoms with E-state index in [1.807, 2.05) is 108 Å². The van der Waals surface area contributed by atoms with E-state index in [0.717, 1.165) is 45.1 Å². The SMILES string of the molecule is C=CCN1C(=O)[C@H](CC(C)C)N=C(c2ccccc2)C2=CCC(C(=O)NC3C=C(N4Cc5cnc(Nc6ccc(C)nc6)nc5N(C)C4=O)C(C)=CC3)C=C21.CC.CC. The molecule has 310 valence electrons. The highest BCUT2D eigenvalue weighted by molar-refractivity contribution is 6.17. The van der Waals surface area contributed by atoms with Crippen molar-refractivity contribution in [2.75, 3.05) is 23.8 Å². The summed E-state index contributed by atoms with van der Waals surface area (Å²) in [6, 6.07) is 12.6. The van der Waals surface area contributed by atoms with E-state index in [-0.39, 0.29) is 36.3 Å². The van der Waals surface area contributed by atoms with Crippen LogP contribution in [-0.4, -0.2) is 74.0 Å². The first-order valence-corrected chi connectivity index (χ1v) is 20.8. The van der Waals surface area contributed by atoms with Crippen LogP contribution in [0.15, 0.2) is 119 Å². The van der Waals surface area contributed by atoms with Gasteiger partial charge in [0.15, 0.2) is 0 Å². The third-order valence-corrected chi connectivity index (χ3v) is 10.2. The van der Waals surface area contributed by atoms with Gasteiger partial charge in [0.05, 0.1) is 36.1 Å². The molecule has 2 unspecified atom stereocenters. The summed E-state index contributed by atoms with van der Waals surface area (Å²) in [6.07, 6.45) is 14.7. The van der Waals surface area contributed by atoms with Gasteiger partial charge in [-0.2, -0.15) is 4.98 Å². The maximum absolute atomic E-state index is 14.1. The molecule has 4 aliphatic rings. The number of benzene rings is 1. The number of aryl methyl sites for hydroxylation is 1. The van der Waals surface area contributed by atoms with Gasteiger partial charge in [0.1, 0.15) is 11.9 Å². The number of fused-ring (bicyclic) bond motifs is 2. The van der Waals surface area contributed by atoms with E-state index < -0.39 is 12.0 Å². The van der Waals surface area contributed by atoms with Crippen molar-refractivity contribution in [1.29, 1.82) is 0 Å². The summed E-state index contributed by atoms with van der Waals surface area (Å²) in [6.45, 7) is 20.6. The lowest BCUT2D eigenvalue weighted by Gasteiger charge is -2.37. The number of aliphatic imine (C=N–C) groups is 1. The summed E-state index contributed by atoms with van der Waals surface area (Å²) < 4.78 is 0. The van der Waals surface area contributed by atoms with Crippen molar-refractivity contribution in [2.45, 2.75) is 93.3 Å². The van der Waals surface area contributed by atoms with Gasteiger partial charge in [-0.1, -0.05) is 90.1 Å². The van der Waals surface area contributed by atoms with Crippen molar-refractivity contribution in [2.24, 2.45) is 16.8 Å². The van der Waals surface area contributed by atoms with E-state index in [2.05, 4.69) is 46.0 Å². The van der Waals surface area contributed by atoms with E-state index in [9.17, 15) is 14.4 Å². The van der Waals surface area contributed by atoms with Crippen molar-refractivity contribution in [3.63, 3.8) is 0 Å². The maximum atomic E-state index is 14.1. The number of carbonyl (C=O) groups is 3. The summed E-state index contributed by atoms with van der Waals surface area (Å²) in [7, 11) is 1.70.